The second-order valence-corrected chi connectivity index (χ2v) is 4.68. The second kappa shape index (κ2) is 4.25. The van der Waals surface area contributed by atoms with Gasteiger partial charge in [0.1, 0.15) is 0 Å². The fourth-order valence-corrected chi connectivity index (χ4v) is 2.38. The molecule has 0 saturated carbocycles. The fraction of sp³-hybridized carbons (Fsp3) is 0.636. The van der Waals surface area contributed by atoms with Crippen LogP contribution in [0.25, 0.3) is 0 Å². The average Bonchev–Trinajstić information content (AvgIpc) is 2.61. The zero-order chi connectivity index (χ0) is 11.7. The van der Waals surface area contributed by atoms with E-state index in [1.807, 2.05) is 0 Å². The minimum atomic E-state index is 0.522. The topological polar surface area (TPSA) is 58.3 Å². The van der Waals surface area contributed by atoms with Crippen LogP contribution >= 0.6 is 0 Å². The number of rotatable bonds is 2. The quantitative estimate of drug-likeness (QED) is 0.785. The smallest absolute Gasteiger partial charge is 0.171 e. The Kier molecular flexibility index (Phi) is 2.96. The maximum absolute atomic E-state index is 5.84. The zero-order valence-corrected chi connectivity index (χ0v) is 10.1. The van der Waals surface area contributed by atoms with Crippen molar-refractivity contribution in [2.45, 2.75) is 13.0 Å². The molecule has 16 heavy (non-hydrogen) atoms. The lowest BCUT2D eigenvalue weighted by atomic mass is 10.1. The van der Waals surface area contributed by atoms with Gasteiger partial charge in [-0.05, 0) is 20.0 Å². The molecule has 5 nitrogen and oxygen atoms in total. The highest BCUT2D eigenvalue weighted by Crippen LogP contribution is 2.26. The molecule has 1 fully saturated rings. The maximum atomic E-state index is 5.84. The highest BCUT2D eigenvalue weighted by molar-refractivity contribution is 5.58. The van der Waals surface area contributed by atoms with Crippen LogP contribution in [-0.2, 0) is 0 Å². The molecule has 2 N–H and O–H groups in total. The van der Waals surface area contributed by atoms with Crippen molar-refractivity contribution in [2.75, 3.05) is 37.8 Å². The van der Waals surface area contributed by atoms with Crippen molar-refractivity contribution < 1.29 is 0 Å². The van der Waals surface area contributed by atoms with Crippen molar-refractivity contribution in [1.82, 2.24) is 14.9 Å². The van der Waals surface area contributed by atoms with Gasteiger partial charge < -0.3 is 15.5 Å². The Balaban J connectivity index is 2.17. The molecule has 1 saturated heterocycles. The van der Waals surface area contributed by atoms with Crippen molar-refractivity contribution in [3.63, 3.8) is 0 Å². The van der Waals surface area contributed by atoms with Crippen molar-refractivity contribution in [3.05, 3.63) is 12.4 Å². The van der Waals surface area contributed by atoms with Crippen molar-refractivity contribution in [3.8, 4) is 0 Å². The number of nitrogens with two attached hydrogens (primary N) is 1. The van der Waals surface area contributed by atoms with Gasteiger partial charge in [0, 0.05) is 31.5 Å². The Hall–Kier alpha value is -1.36. The van der Waals surface area contributed by atoms with Crippen LogP contribution in [0.15, 0.2) is 12.4 Å². The Morgan fingerprint density at radius 3 is 2.56 bits per heavy atom. The van der Waals surface area contributed by atoms with Gasteiger partial charge in [0.25, 0.3) is 0 Å². The number of nitrogen functional groups attached to an aromatic ring is 1. The fourth-order valence-electron chi connectivity index (χ4n) is 2.38. The van der Waals surface area contributed by atoms with Gasteiger partial charge in [0.15, 0.2) is 11.6 Å². The molecule has 88 valence electrons. The van der Waals surface area contributed by atoms with Crippen molar-refractivity contribution in [1.29, 1.82) is 0 Å². The van der Waals surface area contributed by atoms with Gasteiger partial charge in [0.2, 0.25) is 0 Å². The highest BCUT2D eigenvalue weighted by atomic mass is 15.3. The predicted molar refractivity (Wildman–Crippen MR) is 65.3 cm³/mol. The van der Waals surface area contributed by atoms with Crippen LogP contribution in [0.4, 0.5) is 11.6 Å². The normalized spacial score (nSPS) is 25.4. The third kappa shape index (κ3) is 1.95. The Morgan fingerprint density at radius 1 is 1.31 bits per heavy atom. The number of aromatic nitrogens is 2. The third-order valence-corrected chi connectivity index (χ3v) is 3.24. The summed E-state index contributed by atoms with van der Waals surface area (Å²) in [6.45, 7) is 4.22. The van der Waals surface area contributed by atoms with Gasteiger partial charge in [-0.1, -0.05) is 6.92 Å². The molecule has 1 aliphatic heterocycles. The summed E-state index contributed by atoms with van der Waals surface area (Å²) >= 11 is 0. The number of hydrogen-bond donors (Lipinski definition) is 1. The lowest BCUT2D eigenvalue weighted by Crippen LogP contribution is -2.34. The first-order valence-corrected chi connectivity index (χ1v) is 5.57. The summed E-state index contributed by atoms with van der Waals surface area (Å²) in [5, 5.41) is 0. The van der Waals surface area contributed by atoms with E-state index in [4.69, 9.17) is 5.73 Å². The van der Waals surface area contributed by atoms with E-state index in [1.165, 1.54) is 0 Å². The monoisotopic (exact) mass is 221 g/mol. The summed E-state index contributed by atoms with van der Waals surface area (Å²) in [7, 11) is 4.23. The van der Waals surface area contributed by atoms with E-state index in [0.29, 0.717) is 17.8 Å². The molecular weight excluding hydrogens is 202 g/mol. The van der Waals surface area contributed by atoms with Crippen molar-refractivity contribution in [2.24, 2.45) is 5.92 Å². The van der Waals surface area contributed by atoms with Crippen LogP contribution in [0.3, 0.4) is 0 Å². The van der Waals surface area contributed by atoms with Gasteiger partial charge in [-0.2, -0.15) is 0 Å². The highest BCUT2D eigenvalue weighted by Gasteiger charge is 2.32. The molecule has 1 aliphatic rings. The van der Waals surface area contributed by atoms with Gasteiger partial charge in [-0.15, -0.1) is 0 Å². The largest absolute Gasteiger partial charge is 0.381 e. The van der Waals surface area contributed by atoms with Gasteiger partial charge in [0.05, 0.1) is 0 Å². The Bertz CT molecular complexity index is 365. The van der Waals surface area contributed by atoms with Gasteiger partial charge in [-0.25, -0.2) is 9.97 Å². The molecule has 0 radical (unpaired) electrons. The van der Waals surface area contributed by atoms with Crippen LogP contribution in [0, 0.1) is 5.92 Å². The molecule has 5 heteroatoms. The standard InChI is InChI=1S/C11H19N5/c1-8-6-16(7-9(8)15(2)3)11-10(12)13-4-5-14-11/h4-5,8-9H,6-7H2,1-3H3,(H2,12,13). The van der Waals surface area contributed by atoms with Crippen LogP contribution in [0.1, 0.15) is 6.92 Å². The molecule has 0 spiro atoms. The van der Waals surface area contributed by atoms with Gasteiger partial charge >= 0.3 is 0 Å². The second-order valence-electron chi connectivity index (χ2n) is 4.68. The molecule has 0 aromatic carbocycles. The van der Waals surface area contributed by atoms with Gasteiger partial charge in [-0.3, -0.25) is 0 Å². The number of nitrogens with zero attached hydrogens (tertiary/aromatic N) is 4. The molecule has 1 aromatic heterocycles. The molecule has 2 unspecified atom stereocenters. The lowest BCUT2D eigenvalue weighted by Gasteiger charge is -2.22. The summed E-state index contributed by atoms with van der Waals surface area (Å²) in [5.41, 5.74) is 5.84. The summed E-state index contributed by atoms with van der Waals surface area (Å²) in [6.07, 6.45) is 3.32. The van der Waals surface area contributed by atoms with Crippen LogP contribution in [0.2, 0.25) is 0 Å². The molecule has 2 heterocycles. The average molecular weight is 221 g/mol. The minimum Gasteiger partial charge on any atom is -0.381 e. The molecule has 0 bridgehead atoms. The Labute approximate surface area is 96.3 Å². The van der Waals surface area contributed by atoms with Crippen LogP contribution in [-0.4, -0.2) is 48.1 Å². The van der Waals surface area contributed by atoms with E-state index in [1.54, 1.807) is 12.4 Å². The van der Waals surface area contributed by atoms with E-state index in [2.05, 4.69) is 40.8 Å². The summed E-state index contributed by atoms with van der Waals surface area (Å²) < 4.78 is 0. The molecule has 2 atom stereocenters. The zero-order valence-electron chi connectivity index (χ0n) is 10.1. The van der Waals surface area contributed by atoms with E-state index >= 15 is 0 Å². The summed E-state index contributed by atoms with van der Waals surface area (Å²) in [6, 6.07) is 0.557. The summed E-state index contributed by atoms with van der Waals surface area (Å²) in [5.74, 6) is 1.96. The van der Waals surface area contributed by atoms with Crippen LogP contribution in [0.5, 0.6) is 0 Å². The van der Waals surface area contributed by atoms with E-state index in [-0.39, 0.29) is 0 Å². The minimum absolute atomic E-state index is 0.522. The third-order valence-electron chi connectivity index (χ3n) is 3.24. The van der Waals surface area contributed by atoms with Crippen LogP contribution < -0.4 is 10.6 Å². The first-order valence-electron chi connectivity index (χ1n) is 5.57. The SMILES string of the molecule is CC1CN(c2nccnc2N)CC1N(C)C. The van der Waals surface area contributed by atoms with Crippen molar-refractivity contribution >= 4 is 11.6 Å². The number of hydrogen-bond acceptors (Lipinski definition) is 5. The summed E-state index contributed by atoms with van der Waals surface area (Å²) in [4.78, 5) is 12.9. The number of anilines is 2. The van der Waals surface area contributed by atoms with E-state index < -0.39 is 0 Å². The molecule has 0 aliphatic carbocycles. The number of likely N-dealkylation sites (N-methyl/N-ethyl adjacent to an activating group) is 1. The Morgan fingerprint density at radius 2 is 2.00 bits per heavy atom. The first kappa shape index (κ1) is 11.1. The lowest BCUT2D eigenvalue weighted by molar-refractivity contribution is 0.266. The molecule has 0 amide bonds. The molecule has 2 rings (SSSR count). The van der Waals surface area contributed by atoms with E-state index in [9.17, 15) is 0 Å². The first-order chi connectivity index (χ1) is 7.59. The molecular formula is C11H19N5. The van der Waals surface area contributed by atoms with E-state index in [0.717, 1.165) is 18.9 Å². The maximum Gasteiger partial charge on any atom is 0.171 e. The predicted octanol–water partition coefficient (Wildman–Crippen LogP) is 0.445. The molecule has 1 aromatic rings.